The largest absolute Gasteiger partial charge is 0.102 e. The Hall–Kier alpha value is -0.0543. The van der Waals surface area contributed by atoms with Crippen molar-refractivity contribution in [1.29, 1.82) is 0 Å². The second-order valence-electron chi connectivity index (χ2n) is 9.37. The minimum Gasteiger partial charge on any atom is -0.0620 e. The topological polar surface area (TPSA) is 19.9 Å². The molecule has 0 heterocycles. The van der Waals surface area contributed by atoms with Crippen LogP contribution < -0.4 is 31.8 Å². The minimum absolute atomic E-state index is 0. The molecule has 6 aromatic carbocycles. The van der Waals surface area contributed by atoms with E-state index in [4.69, 9.17) is 58.2 Å². The van der Waals surface area contributed by atoms with Crippen molar-refractivity contribution < 1.29 is 25.7 Å². The second kappa shape index (κ2) is 29.4. The SMILES string of the molecule is [C-]#[O+].[Cl][Sn]([Cl])[Cl].[Cl][Sn]([Cl])[Cl].[Pt].c1ccc([PH+](c2ccccc2)c2ccccc2)cc1.c1ccc([PH+](c2ccccc2)c2ccccc2)cc1. The Labute approximate surface area is 343 Å². The summed E-state index contributed by atoms with van der Waals surface area (Å²) >= 11 is -4.25. The summed E-state index contributed by atoms with van der Waals surface area (Å²) < 4.78 is 7.50. The molecule has 254 valence electrons. The maximum atomic E-state index is 7.50. The van der Waals surface area contributed by atoms with E-state index in [0.29, 0.717) is 0 Å². The number of rotatable bonds is 6. The average Bonchev–Trinajstić information content (AvgIpc) is 3.12. The molecule has 1 nitrogen and oxygen atoms in total. The molecule has 6 rings (SSSR count). The van der Waals surface area contributed by atoms with Gasteiger partial charge in [-0.25, -0.2) is 0 Å². The molecule has 0 aromatic heterocycles. The number of hydrogen-bond acceptors (Lipinski definition) is 0. The van der Waals surface area contributed by atoms with Gasteiger partial charge in [0.1, 0.15) is 31.8 Å². The van der Waals surface area contributed by atoms with Gasteiger partial charge >= 0.3 is 97.6 Å². The number of benzene rings is 6. The van der Waals surface area contributed by atoms with Crippen LogP contribution in [0.5, 0.6) is 0 Å². The molecule has 0 saturated carbocycles. The van der Waals surface area contributed by atoms with Crippen LogP contribution in [-0.4, -0.2) is 32.8 Å². The average molecular weight is 1200 g/mol. The summed E-state index contributed by atoms with van der Waals surface area (Å²) in [6.45, 7) is 4.50. The molecule has 2 radical (unpaired) electrons. The van der Waals surface area contributed by atoms with E-state index >= 15 is 0 Å². The molecule has 12 heteroatoms. The van der Waals surface area contributed by atoms with E-state index in [1.165, 1.54) is 31.8 Å². The van der Waals surface area contributed by atoms with E-state index in [9.17, 15) is 0 Å². The third-order valence-corrected chi connectivity index (χ3v) is 11.8. The summed E-state index contributed by atoms with van der Waals surface area (Å²) in [7, 11) is 28.3. The maximum Gasteiger partial charge on any atom is 0.102 e. The van der Waals surface area contributed by atoms with Gasteiger partial charge in [0.25, 0.3) is 0 Å². The molecule has 0 N–H and O–H groups in total. The van der Waals surface area contributed by atoms with Gasteiger partial charge in [-0.05, 0) is 72.8 Å². The summed E-state index contributed by atoms with van der Waals surface area (Å²) in [6.07, 6.45) is 0. The molecular formula is C37H32Cl6OP2PtSn2+2. The fourth-order valence-corrected chi connectivity index (χ4v) is 9.78. The molecule has 0 atom stereocenters. The molecule has 0 aliphatic rings. The first-order valence-corrected chi connectivity index (χ1v) is 39.0. The van der Waals surface area contributed by atoms with E-state index in [1.54, 1.807) is 0 Å². The third-order valence-electron chi connectivity index (χ3n) is 6.37. The fraction of sp³-hybridized carbons (Fsp3) is 0. The van der Waals surface area contributed by atoms with Gasteiger partial charge in [0, 0.05) is 21.1 Å². The molecule has 0 amide bonds. The molecule has 0 aliphatic carbocycles. The van der Waals surface area contributed by atoms with Crippen molar-refractivity contribution in [2.75, 3.05) is 0 Å². The van der Waals surface area contributed by atoms with Crippen LogP contribution in [-0.2, 0) is 25.7 Å². The predicted octanol–water partition coefficient (Wildman–Crippen LogP) is 9.69. The van der Waals surface area contributed by atoms with Crippen LogP contribution in [0.2, 0.25) is 0 Å². The smallest absolute Gasteiger partial charge is 0.0620 e. The predicted molar refractivity (Wildman–Crippen MR) is 224 cm³/mol. The zero-order chi connectivity index (χ0) is 35.0. The van der Waals surface area contributed by atoms with Gasteiger partial charge in [-0.15, -0.1) is 0 Å². The Morgan fingerprint density at radius 2 is 0.408 bits per heavy atom. The van der Waals surface area contributed by atoms with Crippen LogP contribution in [0.15, 0.2) is 182 Å². The van der Waals surface area contributed by atoms with Gasteiger partial charge < -0.3 is 0 Å². The third kappa shape index (κ3) is 19.6. The molecule has 0 bridgehead atoms. The standard InChI is InChI=1S/2C18H15P.CO.6ClH.Pt.2Sn/c2*1-4-10-16(11-5-1)19(17-12-6-2-7-13-17)18-14-8-3-9-15-18;1-2;;;;;;;;;/h2*1-15H;;6*1H;;;/q;;;;;;;;;;2*+3/p-4. The van der Waals surface area contributed by atoms with Gasteiger partial charge in [-0.3, -0.25) is 0 Å². The van der Waals surface area contributed by atoms with E-state index in [2.05, 4.69) is 189 Å². The van der Waals surface area contributed by atoms with Crippen molar-refractivity contribution in [3.05, 3.63) is 189 Å². The van der Waals surface area contributed by atoms with Gasteiger partial charge in [-0.2, -0.15) is 0 Å². The van der Waals surface area contributed by atoms with Gasteiger partial charge in [-0.1, -0.05) is 109 Å². The Morgan fingerprint density at radius 3 is 0.510 bits per heavy atom. The van der Waals surface area contributed by atoms with Crippen LogP contribution in [0.3, 0.4) is 0 Å². The molecular weight excluding hydrogens is 1170 g/mol. The van der Waals surface area contributed by atoms with Crippen LogP contribution in [0, 0.1) is 6.65 Å². The zero-order valence-corrected chi connectivity index (χ0v) is 40.3. The van der Waals surface area contributed by atoms with E-state index < -0.39 is 48.6 Å². The Morgan fingerprint density at radius 1 is 0.306 bits per heavy atom. The molecule has 0 aliphatic heterocycles. The molecule has 0 spiro atoms. The Kier molecular flexibility index (Phi) is 28.2. The first-order valence-electron chi connectivity index (χ1n) is 14.3. The van der Waals surface area contributed by atoms with Crippen molar-refractivity contribution in [1.82, 2.24) is 0 Å². The van der Waals surface area contributed by atoms with Crippen molar-refractivity contribution in [3.63, 3.8) is 0 Å². The quantitative estimate of drug-likeness (QED) is 0.0686. The number of hydrogen-bond donors (Lipinski definition) is 0. The molecule has 49 heavy (non-hydrogen) atoms. The number of halogens is 6. The Balaban J connectivity index is 0.000000381. The summed E-state index contributed by atoms with van der Waals surface area (Å²) in [4.78, 5) is 0. The summed E-state index contributed by atoms with van der Waals surface area (Å²) in [5, 5.41) is 8.61. The molecule has 0 fully saturated rings. The second-order valence-corrected chi connectivity index (χ2v) is 39.8. The zero-order valence-electron chi connectivity index (χ0n) is 25.8. The molecule has 6 aromatic rings. The van der Waals surface area contributed by atoms with Crippen molar-refractivity contribution in [2.45, 2.75) is 0 Å². The summed E-state index contributed by atoms with van der Waals surface area (Å²) in [5.74, 6) is 0. The molecule has 0 unspecified atom stereocenters. The maximum absolute atomic E-state index is 7.50. The van der Waals surface area contributed by atoms with Crippen molar-refractivity contribution in [3.8, 4) is 0 Å². The van der Waals surface area contributed by atoms with Crippen molar-refractivity contribution >= 4 is 134 Å². The van der Waals surface area contributed by atoms with Gasteiger partial charge in [0.15, 0.2) is 0 Å². The van der Waals surface area contributed by atoms with Crippen LogP contribution in [0.25, 0.3) is 0 Å². The van der Waals surface area contributed by atoms with E-state index in [-0.39, 0.29) is 21.1 Å². The fourth-order valence-electron chi connectivity index (χ4n) is 4.63. The summed E-state index contributed by atoms with van der Waals surface area (Å²) in [6, 6.07) is 65.0. The minimum atomic E-state index is -2.13. The van der Waals surface area contributed by atoms with Gasteiger partial charge in [0.2, 0.25) is 0 Å². The summed E-state index contributed by atoms with van der Waals surface area (Å²) in [5.41, 5.74) is 0. The van der Waals surface area contributed by atoms with E-state index in [1.807, 2.05) is 0 Å². The van der Waals surface area contributed by atoms with Crippen molar-refractivity contribution in [2.24, 2.45) is 0 Å². The monoisotopic (exact) mass is 1200 g/mol. The van der Waals surface area contributed by atoms with Crippen LogP contribution >= 0.6 is 69.4 Å². The van der Waals surface area contributed by atoms with Crippen LogP contribution in [0.1, 0.15) is 0 Å². The van der Waals surface area contributed by atoms with Crippen LogP contribution in [0.4, 0.5) is 0 Å². The van der Waals surface area contributed by atoms with Gasteiger partial charge in [0.05, 0.1) is 15.8 Å². The van der Waals surface area contributed by atoms with E-state index in [0.717, 1.165) is 0 Å². The first-order chi connectivity index (χ1) is 23.4. The Bertz CT molecular complexity index is 1350. The normalized spacial score (nSPS) is 9.71. The first kappa shape index (κ1) is 47.0. The molecule has 0 saturated heterocycles.